The average Bonchev–Trinajstić information content (AvgIpc) is 2.17. The number of aliphatic hydroxyl groups excluding tert-OH is 1. The molecular weight excluding hydrogens is 164 g/mol. The third kappa shape index (κ3) is 1.78. The highest BCUT2D eigenvalue weighted by atomic mass is 16.3. The van der Waals surface area contributed by atoms with Crippen LogP contribution in [0.1, 0.15) is 19.4 Å². The molecule has 1 rings (SSSR count). The van der Waals surface area contributed by atoms with E-state index in [1.807, 2.05) is 30.3 Å². The Morgan fingerprint density at radius 2 is 1.92 bits per heavy atom. The smallest absolute Gasteiger partial charge is 0.142 e. The minimum atomic E-state index is -0.749. The molecule has 0 spiro atoms. The van der Waals surface area contributed by atoms with Crippen molar-refractivity contribution in [3.63, 3.8) is 0 Å². The van der Waals surface area contributed by atoms with Crippen LogP contribution in [-0.4, -0.2) is 17.5 Å². The molecule has 0 aliphatic rings. The summed E-state index contributed by atoms with van der Waals surface area (Å²) in [6.07, 6.45) is 0. The molecule has 0 bridgehead atoms. The third-order valence-electron chi connectivity index (χ3n) is 2.50. The molecule has 0 aromatic heterocycles. The Kier molecular flexibility index (Phi) is 2.83. The molecule has 70 valence electrons. The fourth-order valence-electron chi connectivity index (χ4n) is 1.21. The number of benzene rings is 1. The molecule has 1 N–H and O–H groups in total. The lowest BCUT2D eigenvalue weighted by molar-refractivity contribution is -0.123. The molecule has 1 aromatic carbocycles. The van der Waals surface area contributed by atoms with Crippen molar-refractivity contribution in [2.75, 3.05) is 6.61 Å². The van der Waals surface area contributed by atoms with Gasteiger partial charge < -0.3 is 5.11 Å². The standard InChI is InChI=1S/C11H14O2/c1-9(13)11(2,8-12)10-6-4-3-5-7-10/h3-7,12H,8H2,1-2H3. The second kappa shape index (κ2) is 3.71. The molecule has 1 unspecified atom stereocenters. The fourth-order valence-corrected chi connectivity index (χ4v) is 1.21. The van der Waals surface area contributed by atoms with Gasteiger partial charge in [-0.2, -0.15) is 0 Å². The second-order valence-corrected chi connectivity index (χ2v) is 3.41. The molecule has 0 saturated heterocycles. The fraction of sp³-hybridized carbons (Fsp3) is 0.364. The van der Waals surface area contributed by atoms with Crippen LogP contribution >= 0.6 is 0 Å². The zero-order chi connectivity index (χ0) is 9.90. The van der Waals surface area contributed by atoms with Crippen molar-refractivity contribution < 1.29 is 9.90 Å². The Morgan fingerprint density at radius 3 is 2.31 bits per heavy atom. The van der Waals surface area contributed by atoms with E-state index >= 15 is 0 Å². The molecule has 0 aliphatic heterocycles. The topological polar surface area (TPSA) is 37.3 Å². The van der Waals surface area contributed by atoms with Gasteiger partial charge in [-0.25, -0.2) is 0 Å². The lowest BCUT2D eigenvalue weighted by Crippen LogP contribution is -2.34. The van der Waals surface area contributed by atoms with E-state index in [4.69, 9.17) is 0 Å². The molecule has 0 fully saturated rings. The first-order valence-electron chi connectivity index (χ1n) is 4.28. The highest BCUT2D eigenvalue weighted by Gasteiger charge is 2.30. The van der Waals surface area contributed by atoms with E-state index in [-0.39, 0.29) is 12.4 Å². The Hall–Kier alpha value is -1.15. The average molecular weight is 178 g/mol. The normalized spacial score (nSPS) is 15.0. The third-order valence-corrected chi connectivity index (χ3v) is 2.50. The van der Waals surface area contributed by atoms with Crippen molar-refractivity contribution >= 4 is 5.78 Å². The summed E-state index contributed by atoms with van der Waals surface area (Å²) in [7, 11) is 0. The number of hydrogen-bond donors (Lipinski definition) is 1. The van der Waals surface area contributed by atoms with Crippen LogP contribution in [0.4, 0.5) is 0 Å². The molecular formula is C11H14O2. The van der Waals surface area contributed by atoms with Crippen molar-refractivity contribution in [1.29, 1.82) is 0 Å². The summed E-state index contributed by atoms with van der Waals surface area (Å²) in [4.78, 5) is 11.3. The molecule has 0 radical (unpaired) electrons. The summed E-state index contributed by atoms with van der Waals surface area (Å²) in [6.45, 7) is 3.11. The largest absolute Gasteiger partial charge is 0.395 e. The molecule has 0 aliphatic carbocycles. The lowest BCUT2D eigenvalue weighted by atomic mass is 9.80. The summed E-state index contributed by atoms with van der Waals surface area (Å²) in [5, 5.41) is 9.19. The Bertz CT molecular complexity index is 292. The second-order valence-electron chi connectivity index (χ2n) is 3.41. The molecule has 1 atom stereocenters. The maximum Gasteiger partial charge on any atom is 0.142 e. The number of Topliss-reactive ketones (excluding diaryl/α,β-unsaturated/α-hetero) is 1. The van der Waals surface area contributed by atoms with Gasteiger partial charge in [-0.15, -0.1) is 0 Å². The highest BCUT2D eigenvalue weighted by molar-refractivity contribution is 5.87. The van der Waals surface area contributed by atoms with Gasteiger partial charge in [0.25, 0.3) is 0 Å². The van der Waals surface area contributed by atoms with Crippen LogP contribution in [-0.2, 0) is 10.2 Å². The number of carbonyl (C=O) groups is 1. The first-order chi connectivity index (χ1) is 6.11. The van der Waals surface area contributed by atoms with E-state index < -0.39 is 5.41 Å². The Morgan fingerprint density at radius 1 is 1.38 bits per heavy atom. The minimum Gasteiger partial charge on any atom is -0.395 e. The van der Waals surface area contributed by atoms with Gasteiger partial charge in [0.05, 0.1) is 12.0 Å². The number of rotatable bonds is 3. The van der Waals surface area contributed by atoms with E-state index in [1.165, 1.54) is 6.92 Å². The first kappa shape index (κ1) is 9.93. The summed E-state index contributed by atoms with van der Waals surface area (Å²) in [5.41, 5.74) is 0.117. The van der Waals surface area contributed by atoms with E-state index in [9.17, 15) is 9.90 Å². The SMILES string of the molecule is CC(=O)C(C)(CO)c1ccccc1. The van der Waals surface area contributed by atoms with Gasteiger partial charge in [0, 0.05) is 0 Å². The summed E-state index contributed by atoms with van der Waals surface area (Å²) in [6, 6.07) is 9.34. The molecule has 0 heterocycles. The van der Waals surface area contributed by atoms with Gasteiger partial charge in [0.2, 0.25) is 0 Å². The Balaban J connectivity index is 3.11. The van der Waals surface area contributed by atoms with Gasteiger partial charge in [-0.05, 0) is 19.4 Å². The monoisotopic (exact) mass is 178 g/mol. The maximum absolute atomic E-state index is 11.3. The summed E-state index contributed by atoms with van der Waals surface area (Å²) in [5.74, 6) is -0.0128. The zero-order valence-electron chi connectivity index (χ0n) is 7.95. The van der Waals surface area contributed by atoms with Crippen LogP contribution in [0, 0.1) is 0 Å². The van der Waals surface area contributed by atoms with Crippen LogP contribution in [0.15, 0.2) is 30.3 Å². The van der Waals surface area contributed by atoms with Crippen LogP contribution in [0.25, 0.3) is 0 Å². The molecule has 0 saturated carbocycles. The number of ketones is 1. The van der Waals surface area contributed by atoms with Gasteiger partial charge >= 0.3 is 0 Å². The van der Waals surface area contributed by atoms with Crippen LogP contribution in [0.2, 0.25) is 0 Å². The molecule has 2 nitrogen and oxygen atoms in total. The van der Waals surface area contributed by atoms with E-state index in [1.54, 1.807) is 6.92 Å². The molecule has 0 amide bonds. The van der Waals surface area contributed by atoms with Crippen molar-refractivity contribution in [1.82, 2.24) is 0 Å². The molecule has 1 aromatic rings. The van der Waals surface area contributed by atoms with Crippen molar-refractivity contribution in [2.45, 2.75) is 19.3 Å². The number of hydrogen-bond acceptors (Lipinski definition) is 2. The predicted octanol–water partition coefficient (Wildman–Crippen LogP) is 1.53. The minimum absolute atomic E-state index is 0.0128. The summed E-state index contributed by atoms with van der Waals surface area (Å²) < 4.78 is 0. The van der Waals surface area contributed by atoms with Gasteiger partial charge in [0.1, 0.15) is 5.78 Å². The van der Waals surface area contributed by atoms with Crippen molar-refractivity contribution in [2.24, 2.45) is 0 Å². The first-order valence-corrected chi connectivity index (χ1v) is 4.28. The molecule has 13 heavy (non-hydrogen) atoms. The molecule has 2 heteroatoms. The predicted molar refractivity (Wildman–Crippen MR) is 51.6 cm³/mol. The quantitative estimate of drug-likeness (QED) is 0.762. The Labute approximate surface area is 78.2 Å². The maximum atomic E-state index is 11.3. The van der Waals surface area contributed by atoms with Gasteiger partial charge in [-0.3, -0.25) is 4.79 Å². The van der Waals surface area contributed by atoms with Crippen LogP contribution in [0.3, 0.4) is 0 Å². The van der Waals surface area contributed by atoms with Crippen LogP contribution < -0.4 is 0 Å². The van der Waals surface area contributed by atoms with Crippen LogP contribution in [0.5, 0.6) is 0 Å². The highest BCUT2D eigenvalue weighted by Crippen LogP contribution is 2.23. The van der Waals surface area contributed by atoms with E-state index in [0.717, 1.165) is 5.56 Å². The number of carbonyl (C=O) groups excluding carboxylic acids is 1. The number of aliphatic hydroxyl groups is 1. The van der Waals surface area contributed by atoms with Gasteiger partial charge in [0.15, 0.2) is 0 Å². The van der Waals surface area contributed by atoms with E-state index in [2.05, 4.69) is 0 Å². The zero-order valence-corrected chi connectivity index (χ0v) is 7.95. The van der Waals surface area contributed by atoms with Crippen molar-refractivity contribution in [3.8, 4) is 0 Å². The lowest BCUT2D eigenvalue weighted by Gasteiger charge is -2.24. The van der Waals surface area contributed by atoms with Crippen molar-refractivity contribution in [3.05, 3.63) is 35.9 Å². The summed E-state index contributed by atoms with van der Waals surface area (Å²) >= 11 is 0. The van der Waals surface area contributed by atoms with E-state index in [0.29, 0.717) is 0 Å². The van der Waals surface area contributed by atoms with Gasteiger partial charge in [-0.1, -0.05) is 30.3 Å².